The topological polar surface area (TPSA) is 85.9 Å². The maximum absolute atomic E-state index is 13.5. The van der Waals surface area contributed by atoms with Crippen LogP contribution in [0.4, 0.5) is 0 Å². The molecule has 1 heterocycles. The van der Waals surface area contributed by atoms with Gasteiger partial charge in [-0.15, -0.1) is 0 Å². The molecule has 7 nitrogen and oxygen atoms in total. The number of benzene rings is 3. The molecule has 0 saturated carbocycles. The van der Waals surface area contributed by atoms with Crippen molar-refractivity contribution in [2.45, 2.75) is 57.8 Å². The Bertz CT molecular complexity index is 1390. The number of nitrogens with one attached hydrogen (secondary N) is 2. The Balaban J connectivity index is 1.30. The van der Waals surface area contributed by atoms with Crippen LogP contribution in [-0.2, 0) is 14.4 Å². The molecule has 7 heteroatoms. The van der Waals surface area contributed by atoms with Crippen LogP contribution >= 0.6 is 0 Å². The van der Waals surface area contributed by atoms with E-state index in [1.165, 1.54) is 0 Å². The fourth-order valence-corrected chi connectivity index (χ4v) is 5.23. The Morgan fingerprint density at radius 2 is 1.83 bits per heavy atom. The number of hydroxylamine groups is 1. The number of hydrogen-bond donors (Lipinski definition) is 2. The van der Waals surface area contributed by atoms with Crippen LogP contribution in [-0.4, -0.2) is 37.4 Å². The van der Waals surface area contributed by atoms with Crippen LogP contribution in [0.15, 0.2) is 84.5 Å². The van der Waals surface area contributed by atoms with Crippen molar-refractivity contribution >= 4 is 28.7 Å². The summed E-state index contributed by atoms with van der Waals surface area (Å²) in [5.74, 6) is 0.520. The molecule has 3 atom stereocenters. The lowest BCUT2D eigenvalue weighted by molar-refractivity contribution is -0.186. The summed E-state index contributed by atoms with van der Waals surface area (Å²) >= 11 is 0. The van der Waals surface area contributed by atoms with Crippen LogP contribution < -0.4 is 15.5 Å². The first-order chi connectivity index (χ1) is 20.1. The predicted molar refractivity (Wildman–Crippen MR) is 160 cm³/mol. The molecule has 2 amide bonds. The van der Waals surface area contributed by atoms with E-state index in [1.54, 1.807) is 12.1 Å². The Hall–Kier alpha value is -3.94. The molecule has 1 fully saturated rings. The highest BCUT2D eigenvalue weighted by Gasteiger charge is 2.21. The Morgan fingerprint density at radius 1 is 1.00 bits per heavy atom. The fraction of sp³-hybridized carbons (Fsp3) is 0.353. The highest BCUT2D eigenvalue weighted by Crippen LogP contribution is 2.26. The van der Waals surface area contributed by atoms with Gasteiger partial charge in [0, 0.05) is 30.0 Å². The van der Waals surface area contributed by atoms with Crippen LogP contribution in [0.5, 0.6) is 5.75 Å². The summed E-state index contributed by atoms with van der Waals surface area (Å²) in [5.41, 5.74) is 4.22. The summed E-state index contributed by atoms with van der Waals surface area (Å²) in [5, 5.41) is 5.26. The Morgan fingerprint density at radius 3 is 2.61 bits per heavy atom. The molecule has 3 aromatic rings. The number of ether oxygens (including phenoxy) is 2. The minimum absolute atomic E-state index is 0.000721. The molecule has 2 aliphatic rings. The van der Waals surface area contributed by atoms with Gasteiger partial charge in [-0.1, -0.05) is 60.7 Å². The minimum atomic E-state index is -0.413. The van der Waals surface area contributed by atoms with Crippen LogP contribution in [0.1, 0.15) is 61.4 Å². The smallest absolute Gasteiger partial charge is 0.274 e. The first kappa shape index (κ1) is 28.6. The van der Waals surface area contributed by atoms with Crippen molar-refractivity contribution in [2.24, 2.45) is 5.92 Å². The lowest BCUT2D eigenvalue weighted by atomic mass is 9.90. The number of fused-ring (bicyclic) bond motifs is 1. The van der Waals surface area contributed by atoms with Crippen molar-refractivity contribution in [1.29, 1.82) is 0 Å². The van der Waals surface area contributed by atoms with Gasteiger partial charge < -0.3 is 14.8 Å². The molecule has 0 bridgehead atoms. The second-order valence-corrected chi connectivity index (χ2v) is 10.7. The van der Waals surface area contributed by atoms with Crippen LogP contribution in [0.25, 0.3) is 16.8 Å². The molecule has 1 saturated heterocycles. The van der Waals surface area contributed by atoms with Crippen molar-refractivity contribution in [3.05, 3.63) is 95.6 Å². The first-order valence-electron chi connectivity index (χ1n) is 14.5. The molecule has 5 rings (SSSR count). The molecule has 1 aliphatic heterocycles. The van der Waals surface area contributed by atoms with Gasteiger partial charge in [0.05, 0.1) is 5.57 Å². The third-order valence-corrected chi connectivity index (χ3v) is 7.65. The van der Waals surface area contributed by atoms with Crippen LogP contribution in [0.2, 0.25) is 0 Å². The number of hydrogen-bond acceptors (Lipinski definition) is 5. The Labute approximate surface area is 241 Å². The number of rotatable bonds is 10. The van der Waals surface area contributed by atoms with Gasteiger partial charge in [-0.05, 0) is 80.2 Å². The van der Waals surface area contributed by atoms with Crippen molar-refractivity contribution in [2.75, 3.05) is 13.2 Å². The van der Waals surface area contributed by atoms with Crippen molar-refractivity contribution in [3.63, 3.8) is 0 Å². The number of carbonyl (C=O) groups is 2. The van der Waals surface area contributed by atoms with E-state index in [1.807, 2.05) is 60.7 Å². The average molecular weight is 555 g/mol. The zero-order chi connectivity index (χ0) is 28.4. The van der Waals surface area contributed by atoms with E-state index in [2.05, 4.69) is 29.9 Å². The van der Waals surface area contributed by atoms with E-state index in [-0.39, 0.29) is 24.5 Å². The van der Waals surface area contributed by atoms with Gasteiger partial charge >= 0.3 is 0 Å². The van der Waals surface area contributed by atoms with Gasteiger partial charge in [0.15, 0.2) is 6.29 Å². The van der Waals surface area contributed by atoms with Crippen molar-refractivity contribution in [3.8, 4) is 5.75 Å². The number of allylic oxidation sites excluding steroid dienone is 1. The standard InChI is InChI=1S/C34H38N2O5/c1-24(26-10-3-2-4-11-26)35-33(37)29(23-40-31-15-9-13-27-12-5-6-14-30(27)31)22-25-17-19-28(20-18-25)34(38)36-41-32-16-7-8-21-39-32/h3,5-6,9-10,12-15,17-20,22,24,26,32H,2,4,7-8,11,16,21,23H2,1H3,(H,35,37)(H,36,38). The van der Waals surface area contributed by atoms with Gasteiger partial charge in [-0.3, -0.25) is 9.59 Å². The third-order valence-electron chi connectivity index (χ3n) is 7.65. The van der Waals surface area contributed by atoms with E-state index < -0.39 is 6.29 Å². The highest BCUT2D eigenvalue weighted by molar-refractivity contribution is 5.99. The summed E-state index contributed by atoms with van der Waals surface area (Å²) in [6.45, 7) is 2.79. The maximum Gasteiger partial charge on any atom is 0.274 e. The lowest BCUT2D eigenvalue weighted by Gasteiger charge is -2.25. The van der Waals surface area contributed by atoms with Gasteiger partial charge in [0.25, 0.3) is 11.8 Å². The summed E-state index contributed by atoms with van der Waals surface area (Å²) in [6, 6.07) is 21.0. The molecule has 1 aliphatic carbocycles. The quantitative estimate of drug-likeness (QED) is 0.173. The highest BCUT2D eigenvalue weighted by atomic mass is 16.8. The molecule has 2 N–H and O–H groups in total. The van der Waals surface area contributed by atoms with Crippen LogP contribution in [0, 0.1) is 5.92 Å². The van der Waals surface area contributed by atoms with E-state index in [4.69, 9.17) is 14.3 Å². The van der Waals surface area contributed by atoms with E-state index in [0.717, 1.165) is 60.6 Å². The van der Waals surface area contributed by atoms with E-state index >= 15 is 0 Å². The molecule has 0 aromatic heterocycles. The lowest BCUT2D eigenvalue weighted by Crippen LogP contribution is -2.39. The molecule has 0 radical (unpaired) electrons. The summed E-state index contributed by atoms with van der Waals surface area (Å²) < 4.78 is 11.7. The fourth-order valence-electron chi connectivity index (χ4n) is 5.23. The van der Waals surface area contributed by atoms with Crippen molar-refractivity contribution in [1.82, 2.24) is 10.8 Å². The summed E-state index contributed by atoms with van der Waals surface area (Å²) in [6.07, 6.45) is 11.9. The average Bonchev–Trinajstić information content (AvgIpc) is 3.03. The third kappa shape index (κ3) is 7.84. The SMILES string of the molecule is CC(NC(=O)C(=Cc1ccc(C(=O)NOC2CCCCO2)cc1)COc1cccc2ccccc12)C1C=CCCC1. The van der Waals surface area contributed by atoms with Gasteiger partial charge in [-0.25, -0.2) is 10.3 Å². The zero-order valence-corrected chi connectivity index (χ0v) is 23.5. The zero-order valence-electron chi connectivity index (χ0n) is 23.5. The van der Waals surface area contributed by atoms with E-state index in [9.17, 15) is 9.59 Å². The number of carbonyl (C=O) groups excluding carboxylic acids is 2. The predicted octanol–water partition coefficient (Wildman–Crippen LogP) is 6.35. The second-order valence-electron chi connectivity index (χ2n) is 10.7. The molecule has 3 aromatic carbocycles. The van der Waals surface area contributed by atoms with Gasteiger partial charge in [0.1, 0.15) is 12.4 Å². The molecule has 214 valence electrons. The molecule has 0 spiro atoms. The monoisotopic (exact) mass is 554 g/mol. The van der Waals surface area contributed by atoms with Crippen molar-refractivity contribution < 1.29 is 23.9 Å². The first-order valence-corrected chi connectivity index (χ1v) is 14.5. The normalized spacial score (nSPS) is 19.9. The summed E-state index contributed by atoms with van der Waals surface area (Å²) in [4.78, 5) is 31.5. The van der Waals surface area contributed by atoms with E-state index in [0.29, 0.717) is 23.7 Å². The maximum atomic E-state index is 13.5. The van der Waals surface area contributed by atoms with Gasteiger partial charge in [0.2, 0.25) is 0 Å². The molecular weight excluding hydrogens is 516 g/mol. The summed E-state index contributed by atoms with van der Waals surface area (Å²) in [7, 11) is 0. The minimum Gasteiger partial charge on any atom is -0.488 e. The molecular formula is C34H38N2O5. The molecule has 41 heavy (non-hydrogen) atoms. The molecule has 3 unspecified atom stereocenters. The van der Waals surface area contributed by atoms with Crippen LogP contribution in [0.3, 0.4) is 0 Å². The second kappa shape index (κ2) is 14.1. The largest absolute Gasteiger partial charge is 0.488 e. The Kier molecular flexibility index (Phi) is 9.83. The van der Waals surface area contributed by atoms with Gasteiger partial charge in [-0.2, -0.15) is 0 Å². The number of amides is 2.